The Bertz CT molecular complexity index is 919. The highest BCUT2D eigenvalue weighted by atomic mass is 16.5. The van der Waals surface area contributed by atoms with Gasteiger partial charge in [-0.2, -0.15) is 0 Å². The van der Waals surface area contributed by atoms with E-state index in [1.54, 1.807) is 13.1 Å². The SMILES string of the molecule is CCOC(=O)[C@@H](CCCN=C(N)N)NC(=O)C(N)Cc1cn(C=O)c2ccccc12. The van der Waals surface area contributed by atoms with Crippen molar-refractivity contribution in [1.29, 1.82) is 0 Å². The first-order valence-electron chi connectivity index (χ1n) is 9.69. The molecular formula is C20H28N6O4. The van der Waals surface area contributed by atoms with E-state index in [4.69, 9.17) is 21.9 Å². The maximum absolute atomic E-state index is 12.6. The molecule has 0 aliphatic heterocycles. The molecule has 2 atom stereocenters. The lowest BCUT2D eigenvalue weighted by Crippen LogP contribution is -2.49. The van der Waals surface area contributed by atoms with Gasteiger partial charge in [0, 0.05) is 18.1 Å². The Balaban J connectivity index is 2.06. The minimum Gasteiger partial charge on any atom is -0.464 e. The summed E-state index contributed by atoms with van der Waals surface area (Å²) in [5.41, 5.74) is 18.2. The van der Waals surface area contributed by atoms with E-state index in [0.717, 1.165) is 16.5 Å². The third-order valence-electron chi connectivity index (χ3n) is 4.55. The zero-order valence-corrected chi connectivity index (χ0v) is 16.9. The second-order valence-electron chi connectivity index (χ2n) is 6.76. The van der Waals surface area contributed by atoms with Gasteiger partial charge in [-0.1, -0.05) is 18.2 Å². The lowest BCUT2D eigenvalue weighted by atomic mass is 10.0. The Morgan fingerprint density at radius 1 is 1.30 bits per heavy atom. The first-order valence-corrected chi connectivity index (χ1v) is 9.69. The number of carbonyl (C=O) groups is 3. The lowest BCUT2D eigenvalue weighted by molar-refractivity contribution is -0.147. The summed E-state index contributed by atoms with van der Waals surface area (Å²) < 4.78 is 6.48. The van der Waals surface area contributed by atoms with Crippen molar-refractivity contribution in [2.24, 2.45) is 22.2 Å². The van der Waals surface area contributed by atoms with Crippen molar-refractivity contribution in [1.82, 2.24) is 9.88 Å². The van der Waals surface area contributed by atoms with E-state index in [2.05, 4.69) is 10.3 Å². The lowest BCUT2D eigenvalue weighted by Gasteiger charge is -2.19. The van der Waals surface area contributed by atoms with E-state index in [1.807, 2.05) is 24.3 Å². The predicted molar refractivity (Wildman–Crippen MR) is 114 cm³/mol. The Hall–Kier alpha value is -3.40. The van der Waals surface area contributed by atoms with Crippen LogP contribution in [0.5, 0.6) is 0 Å². The van der Waals surface area contributed by atoms with Gasteiger partial charge in [0.25, 0.3) is 0 Å². The molecule has 0 aliphatic carbocycles. The van der Waals surface area contributed by atoms with Gasteiger partial charge in [-0.3, -0.25) is 19.1 Å². The maximum Gasteiger partial charge on any atom is 0.328 e. The normalized spacial score (nSPS) is 12.7. The number of nitrogens with zero attached hydrogens (tertiary/aromatic N) is 2. The Morgan fingerprint density at radius 2 is 2.03 bits per heavy atom. The summed E-state index contributed by atoms with van der Waals surface area (Å²) in [5.74, 6) is -1.07. The highest BCUT2D eigenvalue weighted by molar-refractivity contribution is 5.91. The Morgan fingerprint density at radius 3 is 2.70 bits per heavy atom. The van der Waals surface area contributed by atoms with Gasteiger partial charge >= 0.3 is 5.97 Å². The van der Waals surface area contributed by atoms with Gasteiger partial charge in [0.1, 0.15) is 6.04 Å². The van der Waals surface area contributed by atoms with Gasteiger partial charge in [-0.05, 0) is 37.8 Å². The van der Waals surface area contributed by atoms with Crippen LogP contribution < -0.4 is 22.5 Å². The Labute approximate surface area is 174 Å². The fourth-order valence-electron chi connectivity index (χ4n) is 3.13. The molecule has 0 saturated carbocycles. The molecule has 2 aromatic rings. The van der Waals surface area contributed by atoms with Gasteiger partial charge in [0.05, 0.1) is 18.2 Å². The van der Waals surface area contributed by atoms with Gasteiger partial charge in [0.2, 0.25) is 12.3 Å². The topological polar surface area (TPSA) is 168 Å². The van der Waals surface area contributed by atoms with Crippen LogP contribution in [0.25, 0.3) is 10.9 Å². The summed E-state index contributed by atoms with van der Waals surface area (Å²) in [4.78, 5) is 40.0. The van der Waals surface area contributed by atoms with Crippen molar-refractivity contribution in [2.75, 3.05) is 13.2 Å². The van der Waals surface area contributed by atoms with Crippen LogP contribution in [0.3, 0.4) is 0 Å². The number of nitrogens with two attached hydrogens (primary N) is 3. The number of aromatic nitrogens is 1. The molecular weight excluding hydrogens is 388 g/mol. The van der Waals surface area contributed by atoms with Crippen molar-refractivity contribution < 1.29 is 19.1 Å². The molecule has 0 saturated heterocycles. The summed E-state index contributed by atoms with van der Waals surface area (Å²) in [6.45, 7) is 2.20. The largest absolute Gasteiger partial charge is 0.464 e. The molecule has 1 aromatic heterocycles. The van der Waals surface area contributed by atoms with E-state index in [-0.39, 0.29) is 19.0 Å². The molecule has 7 N–H and O–H groups in total. The van der Waals surface area contributed by atoms with Gasteiger partial charge in [0.15, 0.2) is 5.96 Å². The first-order chi connectivity index (χ1) is 14.4. The molecule has 0 fully saturated rings. The summed E-state index contributed by atoms with van der Waals surface area (Å²) >= 11 is 0. The average Bonchev–Trinajstić information content (AvgIpc) is 3.07. The highest BCUT2D eigenvalue weighted by Crippen LogP contribution is 2.21. The third-order valence-corrected chi connectivity index (χ3v) is 4.55. The molecule has 1 unspecified atom stereocenters. The maximum atomic E-state index is 12.6. The summed E-state index contributed by atoms with van der Waals surface area (Å²) in [6, 6.07) is 5.58. The number of para-hydroxylation sites is 1. The highest BCUT2D eigenvalue weighted by Gasteiger charge is 2.25. The van der Waals surface area contributed by atoms with Gasteiger partial charge in [-0.15, -0.1) is 0 Å². The third kappa shape index (κ3) is 6.05. The van der Waals surface area contributed by atoms with E-state index in [0.29, 0.717) is 25.8 Å². The standard InChI is InChI=1S/C20H28N6O4/c1-2-30-19(29)16(7-5-9-24-20(22)23)25-18(28)15(21)10-13-11-26(12-27)17-8-4-3-6-14(13)17/h3-4,6,8,11-12,15-16H,2,5,7,9-10,21H2,1H3,(H,25,28)(H4,22,23,24)/t15?,16-/m1/s1. The number of aliphatic imine (C=N–C) groups is 1. The molecule has 10 nitrogen and oxygen atoms in total. The van der Waals surface area contributed by atoms with Gasteiger partial charge in [-0.25, -0.2) is 4.79 Å². The minimum absolute atomic E-state index is 0.0387. The summed E-state index contributed by atoms with van der Waals surface area (Å²) in [7, 11) is 0. The molecule has 30 heavy (non-hydrogen) atoms. The van der Waals surface area contributed by atoms with Crippen LogP contribution in [0.1, 0.15) is 25.3 Å². The van der Waals surface area contributed by atoms with Crippen LogP contribution in [0.4, 0.5) is 0 Å². The van der Waals surface area contributed by atoms with Crippen LogP contribution in [-0.4, -0.2) is 54.0 Å². The number of amides is 1. The molecule has 1 amide bonds. The second-order valence-corrected chi connectivity index (χ2v) is 6.76. The number of hydrogen-bond acceptors (Lipinski definition) is 6. The first kappa shape index (κ1) is 22.9. The molecule has 0 radical (unpaired) electrons. The minimum atomic E-state index is -0.912. The summed E-state index contributed by atoms with van der Waals surface area (Å²) in [6.07, 6.45) is 3.34. The average molecular weight is 416 g/mol. The number of guanidine groups is 1. The zero-order valence-electron chi connectivity index (χ0n) is 16.9. The zero-order chi connectivity index (χ0) is 22.1. The molecule has 0 aliphatic rings. The number of nitrogens with one attached hydrogen (secondary N) is 1. The molecule has 1 heterocycles. The fraction of sp³-hybridized carbons (Fsp3) is 0.400. The fourth-order valence-corrected chi connectivity index (χ4v) is 3.13. The molecule has 10 heteroatoms. The number of rotatable bonds is 11. The van der Waals surface area contributed by atoms with Crippen LogP contribution in [-0.2, 0) is 25.5 Å². The van der Waals surface area contributed by atoms with Crippen LogP contribution >= 0.6 is 0 Å². The number of esters is 1. The predicted octanol–water partition coefficient (Wildman–Crippen LogP) is -0.349. The molecule has 1 aromatic carbocycles. The number of fused-ring (bicyclic) bond motifs is 1. The molecule has 0 spiro atoms. The molecule has 0 bridgehead atoms. The number of ether oxygens (including phenoxy) is 1. The van der Waals surface area contributed by atoms with Crippen molar-refractivity contribution in [3.05, 3.63) is 36.0 Å². The molecule has 2 rings (SSSR count). The van der Waals surface area contributed by atoms with E-state index in [9.17, 15) is 14.4 Å². The van der Waals surface area contributed by atoms with Crippen molar-refractivity contribution in [2.45, 2.75) is 38.3 Å². The van der Waals surface area contributed by atoms with Crippen molar-refractivity contribution >= 4 is 35.1 Å². The van der Waals surface area contributed by atoms with Gasteiger partial charge < -0.3 is 27.3 Å². The monoisotopic (exact) mass is 416 g/mol. The van der Waals surface area contributed by atoms with E-state index in [1.165, 1.54) is 4.57 Å². The Kier molecular flexibility index (Phi) is 8.36. The second kappa shape index (κ2) is 11.0. The smallest absolute Gasteiger partial charge is 0.328 e. The van der Waals surface area contributed by atoms with Crippen LogP contribution in [0.2, 0.25) is 0 Å². The van der Waals surface area contributed by atoms with E-state index >= 15 is 0 Å². The number of benzene rings is 1. The molecule has 162 valence electrons. The van der Waals surface area contributed by atoms with Crippen LogP contribution in [0.15, 0.2) is 35.5 Å². The van der Waals surface area contributed by atoms with Crippen molar-refractivity contribution in [3.8, 4) is 0 Å². The number of hydrogen-bond donors (Lipinski definition) is 4. The van der Waals surface area contributed by atoms with Crippen LogP contribution in [0, 0.1) is 0 Å². The quantitative estimate of drug-likeness (QED) is 0.128. The van der Waals surface area contributed by atoms with E-state index < -0.39 is 24.0 Å². The number of carbonyl (C=O) groups excluding carboxylic acids is 3. The summed E-state index contributed by atoms with van der Waals surface area (Å²) in [5, 5.41) is 3.49. The van der Waals surface area contributed by atoms with Crippen molar-refractivity contribution in [3.63, 3.8) is 0 Å².